The van der Waals surface area contributed by atoms with E-state index >= 15 is 0 Å². The van der Waals surface area contributed by atoms with Crippen molar-refractivity contribution in [3.05, 3.63) is 94.5 Å². The van der Waals surface area contributed by atoms with Gasteiger partial charge in [-0.3, -0.25) is 9.69 Å². The van der Waals surface area contributed by atoms with Gasteiger partial charge >= 0.3 is 18.3 Å². The van der Waals surface area contributed by atoms with Gasteiger partial charge in [-0.15, -0.1) is 0 Å². The van der Waals surface area contributed by atoms with Gasteiger partial charge in [0.15, 0.2) is 0 Å². The average molecular weight is 550 g/mol. The van der Waals surface area contributed by atoms with Crippen LogP contribution < -0.4 is 0 Å². The van der Waals surface area contributed by atoms with Crippen LogP contribution in [0, 0.1) is 5.92 Å². The summed E-state index contributed by atoms with van der Waals surface area (Å²) in [5.74, 6) is -2.41. The van der Waals surface area contributed by atoms with Crippen LogP contribution in [0.3, 0.4) is 0 Å². The Bertz CT molecular complexity index is 1290. The van der Waals surface area contributed by atoms with Gasteiger partial charge in [0.25, 0.3) is 0 Å². The molecule has 9 heteroatoms. The van der Waals surface area contributed by atoms with E-state index in [0.29, 0.717) is 35.7 Å². The van der Waals surface area contributed by atoms with Crippen molar-refractivity contribution < 1.29 is 36.2 Å². The summed E-state index contributed by atoms with van der Waals surface area (Å²) in [6, 6.07) is 14.7. The van der Waals surface area contributed by atoms with E-state index in [1.807, 2.05) is 4.90 Å². The molecule has 4 rings (SSSR count). The first-order valence-electron chi connectivity index (χ1n) is 12.7. The molecular formula is C30H29F6NO2. The Hall–Kier alpha value is -3.33. The molecule has 208 valence electrons. The van der Waals surface area contributed by atoms with Gasteiger partial charge in [-0.1, -0.05) is 49.4 Å². The van der Waals surface area contributed by atoms with Gasteiger partial charge in [0, 0.05) is 0 Å². The number of hydrogen-bond acceptors (Lipinski definition) is 2. The maximum atomic E-state index is 14.4. The van der Waals surface area contributed by atoms with E-state index < -0.39 is 41.4 Å². The molecule has 1 aliphatic rings. The number of halogens is 6. The van der Waals surface area contributed by atoms with Crippen LogP contribution in [0.4, 0.5) is 26.3 Å². The Balaban J connectivity index is 2.01. The molecular weight excluding hydrogens is 520 g/mol. The molecule has 0 saturated carbocycles. The van der Waals surface area contributed by atoms with Crippen molar-refractivity contribution in [3.8, 4) is 11.1 Å². The molecule has 0 bridgehead atoms. The zero-order chi connectivity index (χ0) is 28.5. The number of hydrogen-bond donors (Lipinski definition) is 1. The second kappa shape index (κ2) is 11.0. The lowest BCUT2D eigenvalue weighted by Crippen LogP contribution is -2.37. The monoisotopic (exact) mass is 549 g/mol. The Kier molecular flexibility index (Phi) is 8.12. The molecule has 0 amide bonds. The molecule has 1 aliphatic heterocycles. The second-order valence-electron chi connectivity index (χ2n) is 10.2. The Morgan fingerprint density at radius 3 is 1.97 bits per heavy atom. The van der Waals surface area contributed by atoms with Crippen LogP contribution in [0.2, 0.25) is 0 Å². The van der Waals surface area contributed by atoms with Gasteiger partial charge in [-0.25, -0.2) is 0 Å². The quantitative estimate of drug-likeness (QED) is 0.314. The minimum absolute atomic E-state index is 0.268. The molecule has 3 aromatic rings. The molecule has 1 saturated heterocycles. The Labute approximate surface area is 223 Å². The maximum absolute atomic E-state index is 14.4. The SMILES string of the molecule is CC1CCN([C@@H](c2ccc(C(F)(F)F)cc2)c2cc(C(F)(F)F)c([C@@H](C)C(=O)O)cc2-c2ccccc2)CC1. The van der Waals surface area contributed by atoms with Crippen molar-refractivity contribution in [2.24, 2.45) is 5.92 Å². The van der Waals surface area contributed by atoms with Gasteiger partial charge in [0.1, 0.15) is 0 Å². The maximum Gasteiger partial charge on any atom is 0.416 e. The van der Waals surface area contributed by atoms with Crippen molar-refractivity contribution in [1.29, 1.82) is 0 Å². The smallest absolute Gasteiger partial charge is 0.416 e. The number of carboxylic acid groups (broad SMARTS) is 1. The predicted octanol–water partition coefficient (Wildman–Crippen LogP) is 8.40. The topological polar surface area (TPSA) is 40.5 Å². The van der Waals surface area contributed by atoms with Gasteiger partial charge < -0.3 is 5.11 Å². The third-order valence-electron chi connectivity index (χ3n) is 7.48. The largest absolute Gasteiger partial charge is 0.481 e. The molecule has 0 radical (unpaired) electrons. The van der Waals surface area contributed by atoms with Crippen LogP contribution >= 0.6 is 0 Å². The van der Waals surface area contributed by atoms with E-state index in [2.05, 4.69) is 6.92 Å². The van der Waals surface area contributed by atoms with Crippen molar-refractivity contribution in [2.45, 2.75) is 51.0 Å². The zero-order valence-electron chi connectivity index (χ0n) is 21.5. The first-order chi connectivity index (χ1) is 18.3. The number of piperidine rings is 1. The second-order valence-corrected chi connectivity index (χ2v) is 10.2. The highest BCUT2D eigenvalue weighted by Crippen LogP contribution is 2.45. The lowest BCUT2D eigenvalue weighted by atomic mass is 9.83. The molecule has 0 aliphatic carbocycles. The van der Waals surface area contributed by atoms with E-state index in [0.717, 1.165) is 31.0 Å². The van der Waals surface area contributed by atoms with Crippen molar-refractivity contribution >= 4 is 5.97 Å². The van der Waals surface area contributed by atoms with Crippen LogP contribution in [-0.4, -0.2) is 29.1 Å². The highest BCUT2D eigenvalue weighted by Gasteiger charge is 2.39. The molecule has 2 atom stereocenters. The zero-order valence-corrected chi connectivity index (χ0v) is 21.5. The van der Waals surface area contributed by atoms with E-state index in [1.165, 1.54) is 25.1 Å². The number of benzene rings is 3. The van der Waals surface area contributed by atoms with Crippen LogP contribution in [0.15, 0.2) is 66.7 Å². The summed E-state index contributed by atoms with van der Waals surface area (Å²) in [5.41, 5.74) is -0.573. The number of rotatable bonds is 6. The lowest BCUT2D eigenvalue weighted by Gasteiger charge is -2.38. The van der Waals surface area contributed by atoms with Crippen LogP contribution in [-0.2, 0) is 17.1 Å². The minimum atomic E-state index is -4.84. The number of alkyl halides is 6. The molecule has 1 heterocycles. The van der Waals surface area contributed by atoms with E-state index in [1.54, 1.807) is 30.3 Å². The fourth-order valence-corrected chi connectivity index (χ4v) is 5.19. The van der Waals surface area contributed by atoms with Gasteiger partial charge in [-0.05, 0) is 90.9 Å². The fourth-order valence-electron chi connectivity index (χ4n) is 5.19. The Morgan fingerprint density at radius 2 is 1.46 bits per heavy atom. The predicted molar refractivity (Wildman–Crippen MR) is 136 cm³/mol. The van der Waals surface area contributed by atoms with E-state index in [9.17, 15) is 36.2 Å². The average Bonchev–Trinajstić information content (AvgIpc) is 2.89. The van der Waals surface area contributed by atoms with E-state index in [4.69, 9.17) is 0 Å². The van der Waals surface area contributed by atoms with Crippen molar-refractivity contribution in [3.63, 3.8) is 0 Å². The molecule has 3 aromatic carbocycles. The molecule has 0 spiro atoms. The summed E-state index contributed by atoms with van der Waals surface area (Å²) in [5, 5.41) is 9.60. The molecule has 0 aromatic heterocycles. The highest BCUT2D eigenvalue weighted by atomic mass is 19.4. The van der Waals surface area contributed by atoms with E-state index in [-0.39, 0.29) is 11.1 Å². The standard InChI is InChI=1S/C30H29F6NO2/c1-18-12-14-37(15-13-18)27(21-8-10-22(11-9-21)29(31,32)33)25-17-26(30(34,35)36)23(19(2)28(38)39)16-24(25)20-6-4-3-5-7-20/h3-11,16-19,27H,12-15H2,1-2H3,(H,38,39)/t19-,27+/m1/s1. The van der Waals surface area contributed by atoms with Crippen molar-refractivity contribution in [1.82, 2.24) is 4.90 Å². The molecule has 1 fully saturated rings. The number of carboxylic acids is 1. The highest BCUT2D eigenvalue weighted by molar-refractivity contribution is 5.79. The Morgan fingerprint density at radius 1 is 0.872 bits per heavy atom. The summed E-state index contributed by atoms with van der Waals surface area (Å²) < 4.78 is 83.1. The summed E-state index contributed by atoms with van der Waals surface area (Å²) in [7, 11) is 0. The summed E-state index contributed by atoms with van der Waals surface area (Å²) in [4.78, 5) is 13.8. The van der Waals surface area contributed by atoms with Crippen molar-refractivity contribution in [2.75, 3.05) is 13.1 Å². The summed E-state index contributed by atoms with van der Waals surface area (Å²) in [6.45, 7) is 4.40. The molecule has 3 nitrogen and oxygen atoms in total. The number of carbonyl (C=O) groups is 1. The minimum Gasteiger partial charge on any atom is -0.481 e. The third-order valence-corrected chi connectivity index (χ3v) is 7.48. The molecule has 39 heavy (non-hydrogen) atoms. The molecule has 0 unspecified atom stereocenters. The van der Waals surface area contributed by atoms with Crippen LogP contribution in [0.5, 0.6) is 0 Å². The first kappa shape index (κ1) is 28.7. The fraction of sp³-hybridized carbons (Fsp3) is 0.367. The van der Waals surface area contributed by atoms with Gasteiger partial charge in [0.05, 0.1) is 23.1 Å². The summed E-state index contributed by atoms with van der Waals surface area (Å²) >= 11 is 0. The lowest BCUT2D eigenvalue weighted by molar-refractivity contribution is -0.141. The first-order valence-corrected chi connectivity index (χ1v) is 12.7. The van der Waals surface area contributed by atoms with Gasteiger partial charge in [0.2, 0.25) is 0 Å². The third kappa shape index (κ3) is 6.30. The normalized spacial score (nSPS) is 17.1. The van der Waals surface area contributed by atoms with Crippen LogP contribution in [0.25, 0.3) is 11.1 Å². The van der Waals surface area contributed by atoms with Gasteiger partial charge in [-0.2, -0.15) is 26.3 Å². The van der Waals surface area contributed by atoms with Crippen LogP contribution in [0.1, 0.15) is 66.5 Å². The number of likely N-dealkylation sites (tertiary alicyclic amines) is 1. The number of aliphatic carboxylic acids is 1. The number of nitrogens with zero attached hydrogens (tertiary/aromatic N) is 1. The molecule has 1 N–H and O–H groups in total. The summed E-state index contributed by atoms with van der Waals surface area (Å²) in [6.07, 6.45) is -7.82.